The van der Waals surface area contributed by atoms with Crippen molar-refractivity contribution in [3.8, 4) is 0 Å². The molecule has 0 aromatic carbocycles. The van der Waals surface area contributed by atoms with E-state index in [1.165, 1.54) is 0 Å². The summed E-state index contributed by atoms with van der Waals surface area (Å²) in [4.78, 5) is 11.0. The van der Waals surface area contributed by atoms with E-state index in [-0.39, 0.29) is 55.0 Å². The monoisotopic (exact) mass is 294 g/mol. The van der Waals surface area contributed by atoms with Crippen LogP contribution >= 0.6 is 37.2 Å². The van der Waals surface area contributed by atoms with Crippen LogP contribution in [0.1, 0.15) is 26.2 Å². The fourth-order valence-electron chi connectivity index (χ4n) is 0.968. The molecule has 0 amide bonds. The topological polar surface area (TPSA) is 105 Å². The molecule has 1 atom stereocenters. The van der Waals surface area contributed by atoms with Crippen LogP contribution in [-0.4, -0.2) is 24.3 Å². The Morgan fingerprint density at radius 1 is 1.38 bits per heavy atom. The molecule has 0 aliphatic carbocycles. The molecule has 0 radical (unpaired) electrons. The number of ketones is 1. The third-order valence-corrected chi connectivity index (χ3v) is 1.77. The fourth-order valence-corrected chi connectivity index (χ4v) is 0.968. The highest BCUT2D eigenvalue weighted by molar-refractivity contribution is 5.86. The van der Waals surface area contributed by atoms with E-state index in [0.29, 0.717) is 19.4 Å². The van der Waals surface area contributed by atoms with Crippen LogP contribution in [0.25, 0.3) is 0 Å². The van der Waals surface area contributed by atoms with Crippen LogP contribution in [0.5, 0.6) is 0 Å². The molecule has 0 heterocycles. The molecule has 0 aliphatic heterocycles. The van der Waals surface area contributed by atoms with Crippen molar-refractivity contribution < 1.29 is 4.79 Å². The van der Waals surface area contributed by atoms with Gasteiger partial charge in [0.15, 0.2) is 5.96 Å². The van der Waals surface area contributed by atoms with E-state index >= 15 is 0 Å². The average Bonchev–Trinajstić information content (AvgIpc) is 2.10. The molecule has 0 aromatic rings. The molecule has 100 valence electrons. The minimum atomic E-state index is -0.362. The van der Waals surface area contributed by atoms with Crippen LogP contribution in [-0.2, 0) is 4.79 Å². The Bertz CT molecular complexity index is 192. The van der Waals surface area contributed by atoms with Crippen LogP contribution in [0.4, 0.5) is 0 Å². The second kappa shape index (κ2) is 14.8. The number of rotatable bonds is 6. The largest absolute Gasteiger partial charge is 0.370 e. The number of Topliss-reactive ketones (excluding diaryl/α,β-unsaturated/α-hetero) is 1. The smallest absolute Gasteiger partial charge is 0.185 e. The van der Waals surface area contributed by atoms with E-state index in [4.69, 9.17) is 16.9 Å². The minimum Gasteiger partial charge on any atom is -0.370 e. The zero-order chi connectivity index (χ0) is 10.3. The molecule has 0 fully saturated rings. The normalized spacial score (nSPS) is 9.88. The maximum atomic E-state index is 11.0. The van der Waals surface area contributed by atoms with Crippen molar-refractivity contribution >= 4 is 49.0 Å². The van der Waals surface area contributed by atoms with Gasteiger partial charge in [0, 0.05) is 13.0 Å². The lowest BCUT2D eigenvalue weighted by Crippen LogP contribution is -2.34. The highest BCUT2D eigenvalue weighted by Crippen LogP contribution is 1.97. The second-order valence-corrected chi connectivity index (χ2v) is 2.91. The molecule has 6 N–H and O–H groups in total. The minimum absolute atomic E-state index is 0. The number of hydrogen-bond donors (Lipinski definition) is 4. The Morgan fingerprint density at radius 3 is 2.25 bits per heavy atom. The third kappa shape index (κ3) is 13.8. The maximum Gasteiger partial charge on any atom is 0.185 e. The lowest BCUT2D eigenvalue weighted by molar-refractivity contribution is -0.120. The Balaban J connectivity index is -0.000000240. The van der Waals surface area contributed by atoms with E-state index in [1.807, 2.05) is 0 Å². The molecule has 0 aliphatic rings. The number of halogens is 3. The first-order valence-electron chi connectivity index (χ1n) is 4.44. The van der Waals surface area contributed by atoms with Gasteiger partial charge in [-0.05, 0) is 12.8 Å². The quantitative estimate of drug-likeness (QED) is 0.331. The summed E-state index contributed by atoms with van der Waals surface area (Å²) in [6, 6.07) is -0.362. The molecule has 0 bridgehead atoms. The molecule has 0 unspecified atom stereocenters. The predicted octanol–water partition coefficient (Wildman–Crippen LogP) is 0.821. The first-order valence-corrected chi connectivity index (χ1v) is 4.44. The zero-order valence-corrected chi connectivity index (χ0v) is 11.6. The van der Waals surface area contributed by atoms with Gasteiger partial charge in [0.05, 0.1) is 6.04 Å². The molecule has 5 nitrogen and oxygen atoms in total. The summed E-state index contributed by atoms with van der Waals surface area (Å²) in [7, 11) is 0. The summed E-state index contributed by atoms with van der Waals surface area (Å²) in [5.41, 5.74) is 10.7. The van der Waals surface area contributed by atoms with E-state index in [1.54, 1.807) is 6.92 Å². The van der Waals surface area contributed by atoms with E-state index in [2.05, 4.69) is 5.32 Å². The van der Waals surface area contributed by atoms with Gasteiger partial charge in [0.2, 0.25) is 0 Å². The van der Waals surface area contributed by atoms with Gasteiger partial charge in [-0.3, -0.25) is 10.2 Å². The lowest BCUT2D eigenvalue weighted by Gasteiger charge is -2.09. The van der Waals surface area contributed by atoms with Gasteiger partial charge in [-0.1, -0.05) is 6.92 Å². The van der Waals surface area contributed by atoms with E-state index < -0.39 is 0 Å². The standard InChI is InChI=1S/C8H18N4O.3ClH/c1-2-7(13)6(9)4-3-5-12-8(10)11;;;/h6H,2-5,9H2,1H3,(H4,10,11,12);3*1H/t6-;;;/m0.../s1. The number of nitrogens with one attached hydrogen (secondary N) is 2. The summed E-state index contributed by atoms with van der Waals surface area (Å²) in [5, 5.41) is 9.52. The molecule has 0 saturated heterocycles. The Labute approximate surface area is 115 Å². The van der Waals surface area contributed by atoms with Crippen LogP contribution in [0.3, 0.4) is 0 Å². The number of carbonyl (C=O) groups excluding carboxylic acids is 1. The highest BCUT2D eigenvalue weighted by atomic mass is 35.5. The molecule has 0 rings (SSSR count). The van der Waals surface area contributed by atoms with Gasteiger partial charge >= 0.3 is 0 Å². The van der Waals surface area contributed by atoms with Crippen molar-refractivity contribution in [3.63, 3.8) is 0 Å². The Hall–Kier alpha value is -0.230. The van der Waals surface area contributed by atoms with Crippen LogP contribution in [0, 0.1) is 5.41 Å². The van der Waals surface area contributed by atoms with Crippen LogP contribution < -0.4 is 16.8 Å². The molecule has 16 heavy (non-hydrogen) atoms. The summed E-state index contributed by atoms with van der Waals surface area (Å²) in [6.45, 7) is 2.40. The van der Waals surface area contributed by atoms with Crippen molar-refractivity contribution in [2.45, 2.75) is 32.2 Å². The van der Waals surface area contributed by atoms with Crippen molar-refractivity contribution in [1.82, 2.24) is 5.32 Å². The third-order valence-electron chi connectivity index (χ3n) is 1.77. The summed E-state index contributed by atoms with van der Waals surface area (Å²) in [6.07, 6.45) is 1.89. The number of nitrogens with two attached hydrogens (primary N) is 2. The number of hydrogen-bond acceptors (Lipinski definition) is 3. The molecule has 0 spiro atoms. The van der Waals surface area contributed by atoms with Crippen LogP contribution in [0.2, 0.25) is 0 Å². The fraction of sp³-hybridized carbons (Fsp3) is 0.750. The van der Waals surface area contributed by atoms with Crippen molar-refractivity contribution in [2.24, 2.45) is 11.5 Å². The Kier molecular flexibility index (Phi) is 22.9. The van der Waals surface area contributed by atoms with Crippen LogP contribution in [0.15, 0.2) is 0 Å². The van der Waals surface area contributed by atoms with E-state index in [9.17, 15) is 4.79 Å². The van der Waals surface area contributed by atoms with Crippen molar-refractivity contribution in [3.05, 3.63) is 0 Å². The zero-order valence-electron chi connectivity index (χ0n) is 9.19. The molecule has 8 heteroatoms. The van der Waals surface area contributed by atoms with Gasteiger partial charge in [0.25, 0.3) is 0 Å². The first kappa shape index (κ1) is 24.8. The Morgan fingerprint density at radius 2 is 1.88 bits per heavy atom. The average molecular weight is 296 g/mol. The maximum absolute atomic E-state index is 11.0. The first-order chi connectivity index (χ1) is 6.07. The number of carbonyl (C=O) groups is 1. The van der Waals surface area contributed by atoms with Gasteiger partial charge in [-0.15, -0.1) is 37.2 Å². The van der Waals surface area contributed by atoms with Crippen molar-refractivity contribution in [2.75, 3.05) is 6.54 Å². The molecular formula is C8H21Cl3N4O. The predicted molar refractivity (Wildman–Crippen MR) is 74.2 cm³/mol. The molecule has 0 aromatic heterocycles. The van der Waals surface area contributed by atoms with Gasteiger partial charge in [-0.2, -0.15) is 0 Å². The second-order valence-electron chi connectivity index (χ2n) is 2.91. The summed E-state index contributed by atoms with van der Waals surface area (Å²) < 4.78 is 0. The highest BCUT2D eigenvalue weighted by Gasteiger charge is 2.09. The van der Waals surface area contributed by atoms with E-state index in [0.717, 1.165) is 6.42 Å². The summed E-state index contributed by atoms with van der Waals surface area (Å²) in [5.74, 6) is 0.0400. The van der Waals surface area contributed by atoms with Crippen molar-refractivity contribution in [1.29, 1.82) is 5.41 Å². The SMILES string of the molecule is CCC(=O)[C@@H](N)CCCNC(=N)N.Cl.Cl.Cl. The van der Waals surface area contributed by atoms with Gasteiger partial charge < -0.3 is 16.8 Å². The van der Waals surface area contributed by atoms with Gasteiger partial charge in [-0.25, -0.2) is 0 Å². The summed E-state index contributed by atoms with van der Waals surface area (Å²) >= 11 is 0. The number of guanidine groups is 1. The lowest BCUT2D eigenvalue weighted by atomic mass is 10.1. The molecular weight excluding hydrogens is 274 g/mol. The van der Waals surface area contributed by atoms with Gasteiger partial charge in [0.1, 0.15) is 5.78 Å². The molecule has 0 saturated carbocycles.